The van der Waals surface area contributed by atoms with Gasteiger partial charge in [-0.05, 0) is 38.2 Å². The number of unbranched alkanes of at least 4 members (excludes halogenated alkanes) is 3. The molecule has 3 fully saturated rings. The molecule has 0 saturated carbocycles. The minimum atomic E-state index is -5.03. The van der Waals surface area contributed by atoms with Crippen LogP contribution >= 0.6 is 15.6 Å². The van der Waals surface area contributed by atoms with Crippen LogP contribution < -0.4 is 22.1 Å². The van der Waals surface area contributed by atoms with Gasteiger partial charge in [0.1, 0.15) is 48.2 Å². The van der Waals surface area contributed by atoms with Crippen LogP contribution in [0.2, 0.25) is 0 Å². The summed E-state index contributed by atoms with van der Waals surface area (Å²) in [7, 11) is -9.92. The van der Waals surface area contributed by atoms with Crippen LogP contribution in [0.25, 0.3) is 11.2 Å². The Kier molecular flexibility index (Phi) is 19.4. The number of aliphatic hydroxyl groups excluding tert-OH is 2. The number of anilines is 2. The highest BCUT2D eigenvalue weighted by atomic mass is 31.2. The van der Waals surface area contributed by atoms with Crippen molar-refractivity contribution in [3.63, 3.8) is 0 Å². The van der Waals surface area contributed by atoms with Gasteiger partial charge in [0.2, 0.25) is 0 Å². The maximum Gasteiger partial charge on any atom is 0.472 e. The molecule has 0 spiro atoms. The van der Waals surface area contributed by atoms with Crippen molar-refractivity contribution in [1.82, 2.24) is 29.1 Å². The fourth-order valence-electron chi connectivity index (χ4n) is 8.87. The number of aromatic nitrogens is 6. The quantitative estimate of drug-likeness (QED) is 0.0528. The van der Waals surface area contributed by atoms with Gasteiger partial charge in [0, 0.05) is 25.6 Å². The van der Waals surface area contributed by atoms with Gasteiger partial charge in [-0.25, -0.2) is 24.3 Å². The number of hydrogen-bond acceptors (Lipinski definition) is 18. The number of imidazole rings is 1. The molecule has 65 heavy (non-hydrogen) atoms. The minimum Gasteiger partial charge on any atom is -0.756 e. The summed E-state index contributed by atoms with van der Waals surface area (Å²) < 4.78 is 63.4. The maximum absolute atomic E-state index is 14.2. The Balaban J connectivity index is 0.00000150. The monoisotopic (exact) mass is 963 g/mol. The molecule has 6 heterocycles. The summed E-state index contributed by atoms with van der Waals surface area (Å²) in [6.07, 6.45) is 3.29. The molecule has 368 valence electrons. The van der Waals surface area contributed by atoms with Crippen molar-refractivity contribution < 1.29 is 71.4 Å². The van der Waals surface area contributed by atoms with Gasteiger partial charge in [-0.3, -0.25) is 22.7 Å². The van der Waals surface area contributed by atoms with Gasteiger partial charge >= 0.3 is 13.5 Å². The molecule has 0 aliphatic carbocycles. The Morgan fingerprint density at radius 3 is 2.14 bits per heavy atom. The van der Waals surface area contributed by atoms with E-state index in [4.69, 9.17) is 58.7 Å². The van der Waals surface area contributed by atoms with Crippen LogP contribution in [-0.2, 0) is 37.1 Å². The van der Waals surface area contributed by atoms with E-state index in [0.717, 1.165) is 81.9 Å². The van der Waals surface area contributed by atoms with Gasteiger partial charge in [0.15, 0.2) is 30.2 Å². The molecule has 3 aromatic heterocycles. The lowest BCUT2D eigenvalue weighted by Gasteiger charge is -2.47. The molecule has 0 bridgehead atoms. The first kappa shape index (κ1) is 52.9. The molecule has 26 heteroatoms. The highest BCUT2D eigenvalue weighted by molar-refractivity contribution is 7.47. The summed E-state index contributed by atoms with van der Waals surface area (Å²) in [6.45, 7) is 11.5. The number of phosphoric acid groups is 2. The van der Waals surface area contributed by atoms with E-state index in [9.17, 15) is 24.5 Å². The fourth-order valence-corrected chi connectivity index (χ4v) is 9.83. The first-order valence-corrected chi connectivity index (χ1v) is 25.4. The molecule has 9 N–H and O–H groups in total. The van der Waals surface area contributed by atoms with Crippen molar-refractivity contribution in [2.45, 2.75) is 160 Å². The molecule has 0 radical (unpaired) electrons. The Labute approximate surface area is 377 Å². The standard InChI is InChI=1S/C39H64N9O11P.H3O4P/c1-5-9-17-48(18-10-6-2,19-11-7-3)25(13-8-4)21-26-33(34(58-29-14-12-20-54-29)38(56-26)46-16-15-28(40)45-39(46)51)59-60(52,53)55-22-27-31(49)32(50)37(57-27)47-24-44-30-35(41)42-23-43-36(30)47;1-5(2,3)4/h15-16,23-27,29,31-34,37-38,49-50H,5-14,17-22H2,1-4H3,(H4-,40,41,42,43,45,51,52,53);(H3,1,2,3,4)/t25?,26-,27-,29?,31-,32-,33-,34-,37-,38-;/m1./s1. The zero-order chi connectivity index (χ0) is 47.5. The van der Waals surface area contributed by atoms with Crippen molar-refractivity contribution in [2.24, 2.45) is 0 Å². The summed E-state index contributed by atoms with van der Waals surface area (Å²) in [4.78, 5) is 64.1. The SMILES string of the molecule is CCCC[N+](CCCC)(CCCC)C(CCC)C[C@H]1O[C@@H](n2ccc(N)nc2=O)[C@H](OC2CCCO2)[C@@H]1OP(=O)(O)OC[C@H]1O[C@@H](n2cnc3c(N)ncnc32)[C@H](O)[C@@H]1O.O=P([O-])(O)O. The van der Waals surface area contributed by atoms with Gasteiger partial charge in [-0.1, -0.05) is 53.4 Å². The number of nitrogens with zero attached hydrogens (tertiary/aromatic N) is 7. The topological polar surface area (TPSA) is 344 Å². The number of hydrogen-bond donors (Lipinski definition) is 7. The highest BCUT2D eigenvalue weighted by Crippen LogP contribution is 2.51. The molecule has 3 saturated heterocycles. The van der Waals surface area contributed by atoms with E-state index in [1.165, 1.54) is 34.1 Å². The second-order valence-electron chi connectivity index (χ2n) is 16.7. The van der Waals surface area contributed by atoms with E-state index in [2.05, 4.69) is 47.6 Å². The third-order valence-corrected chi connectivity index (χ3v) is 13.0. The van der Waals surface area contributed by atoms with Gasteiger partial charge in [-0.2, -0.15) is 4.98 Å². The van der Waals surface area contributed by atoms with Crippen LogP contribution in [0.1, 0.15) is 111 Å². The number of nitrogen functional groups attached to an aromatic ring is 2. The molecule has 0 aromatic carbocycles. The summed E-state index contributed by atoms with van der Waals surface area (Å²) >= 11 is 0. The van der Waals surface area contributed by atoms with Crippen molar-refractivity contribution in [3.8, 4) is 0 Å². The fraction of sp³-hybridized carbons (Fsp3) is 0.769. The number of fused-ring (bicyclic) bond motifs is 1. The second-order valence-corrected chi connectivity index (χ2v) is 19.1. The third-order valence-electron chi connectivity index (χ3n) is 12.0. The number of ether oxygens (including phenoxy) is 4. The Hall–Kier alpha value is -3.03. The predicted octanol–water partition coefficient (Wildman–Crippen LogP) is 2.00. The molecule has 3 unspecified atom stereocenters. The van der Waals surface area contributed by atoms with Gasteiger partial charge in [0.05, 0.1) is 44.7 Å². The average Bonchev–Trinajstić information content (AvgIpc) is 4.05. The Morgan fingerprint density at radius 2 is 1.55 bits per heavy atom. The minimum absolute atomic E-state index is 0.0265. The Bertz CT molecular complexity index is 2080. The number of nitrogens with two attached hydrogens (primary N) is 2. The maximum atomic E-state index is 14.2. The van der Waals surface area contributed by atoms with Crippen molar-refractivity contribution >= 4 is 38.4 Å². The van der Waals surface area contributed by atoms with E-state index >= 15 is 0 Å². The first-order valence-electron chi connectivity index (χ1n) is 22.3. The van der Waals surface area contributed by atoms with E-state index in [0.29, 0.717) is 19.4 Å². The van der Waals surface area contributed by atoms with Crippen molar-refractivity contribution in [1.29, 1.82) is 0 Å². The van der Waals surface area contributed by atoms with Crippen LogP contribution in [0.5, 0.6) is 0 Å². The van der Waals surface area contributed by atoms with Crippen LogP contribution in [0, 0.1) is 0 Å². The first-order chi connectivity index (χ1) is 30.8. The van der Waals surface area contributed by atoms with E-state index in [1.807, 2.05) is 0 Å². The lowest BCUT2D eigenvalue weighted by molar-refractivity contribution is -0.953. The summed E-state index contributed by atoms with van der Waals surface area (Å²) in [5, 5.41) is 22.1. The van der Waals surface area contributed by atoms with E-state index in [1.54, 1.807) is 0 Å². The van der Waals surface area contributed by atoms with Gasteiger partial charge in [0.25, 0.3) is 7.82 Å². The Morgan fingerprint density at radius 1 is 0.908 bits per heavy atom. The molecule has 3 aliphatic heterocycles. The molecular formula is C39H67N9O15P2. The molecule has 3 aromatic rings. The average molecular weight is 964 g/mol. The number of aliphatic hydroxyl groups is 2. The zero-order valence-corrected chi connectivity index (χ0v) is 39.2. The van der Waals surface area contributed by atoms with E-state index in [-0.39, 0.29) is 28.8 Å². The van der Waals surface area contributed by atoms with Crippen LogP contribution in [0.15, 0.2) is 29.7 Å². The number of rotatable bonds is 23. The third kappa shape index (κ3) is 14.0. The van der Waals surface area contributed by atoms with Crippen molar-refractivity contribution in [2.75, 3.05) is 44.3 Å². The molecular weight excluding hydrogens is 896 g/mol. The van der Waals surface area contributed by atoms with E-state index < -0.39 is 83.3 Å². The smallest absolute Gasteiger partial charge is 0.472 e. The van der Waals surface area contributed by atoms with Crippen LogP contribution in [0.4, 0.5) is 11.6 Å². The lowest BCUT2D eigenvalue weighted by atomic mass is 9.94. The van der Waals surface area contributed by atoms with Gasteiger partial charge < -0.3 is 64.7 Å². The molecule has 24 nitrogen and oxygen atoms in total. The van der Waals surface area contributed by atoms with Crippen molar-refractivity contribution in [3.05, 3.63) is 35.4 Å². The zero-order valence-electron chi connectivity index (χ0n) is 37.4. The summed E-state index contributed by atoms with van der Waals surface area (Å²) in [5.74, 6) is 0.146. The molecule has 3 aliphatic rings. The number of phosphoric ester groups is 1. The predicted molar refractivity (Wildman–Crippen MR) is 232 cm³/mol. The normalized spacial score (nSPS) is 27.4. The molecule has 11 atom stereocenters. The number of quaternary nitrogens is 1. The van der Waals surface area contributed by atoms with Gasteiger partial charge in [-0.15, -0.1) is 0 Å². The largest absolute Gasteiger partial charge is 0.756 e. The molecule has 0 amide bonds. The summed E-state index contributed by atoms with van der Waals surface area (Å²) in [6, 6.07) is 1.56. The highest BCUT2D eigenvalue weighted by Gasteiger charge is 2.54. The summed E-state index contributed by atoms with van der Waals surface area (Å²) in [5.41, 5.74) is 11.7. The molecule has 6 rings (SSSR count). The van der Waals surface area contributed by atoms with Crippen LogP contribution in [-0.4, -0.2) is 140 Å². The lowest BCUT2D eigenvalue weighted by Crippen LogP contribution is -2.58. The van der Waals surface area contributed by atoms with Crippen LogP contribution in [0.3, 0.4) is 0 Å². The second kappa shape index (κ2) is 23.8.